The SMILES string of the molecule is C[C@H]1Oc2cc(cnc2N)/C(NCC2CC2)=C(/C=N)C/C(=N/NC(F)F)C(=N)c2ccc(F)cc21. The monoisotopic (exact) mass is 485 g/mol. The number of fused-ring (bicyclic) bond motifs is 3. The Morgan fingerprint density at radius 3 is 2.77 bits per heavy atom. The lowest BCUT2D eigenvalue weighted by Gasteiger charge is -2.23. The topological polar surface area (TPSA) is 132 Å². The number of nitrogen functional groups attached to an aromatic ring is 1. The van der Waals surface area contributed by atoms with Crippen molar-refractivity contribution in [1.29, 1.82) is 10.8 Å². The first-order valence-corrected chi connectivity index (χ1v) is 11.2. The number of ether oxygens (including phenoxy) is 1. The molecule has 0 spiro atoms. The third-order valence-corrected chi connectivity index (χ3v) is 5.90. The van der Waals surface area contributed by atoms with Gasteiger partial charge in [-0.2, -0.15) is 13.9 Å². The molecule has 0 unspecified atom stereocenters. The zero-order valence-corrected chi connectivity index (χ0v) is 19.0. The van der Waals surface area contributed by atoms with E-state index in [1.54, 1.807) is 18.4 Å². The first-order valence-electron chi connectivity index (χ1n) is 11.2. The summed E-state index contributed by atoms with van der Waals surface area (Å²) in [5.41, 5.74) is 9.63. The average molecular weight is 486 g/mol. The summed E-state index contributed by atoms with van der Waals surface area (Å²) in [7, 11) is 0. The van der Waals surface area contributed by atoms with E-state index in [0.29, 0.717) is 34.9 Å². The number of aromatic nitrogens is 1. The summed E-state index contributed by atoms with van der Waals surface area (Å²) in [5, 5.41) is 24.0. The minimum atomic E-state index is -2.95. The number of pyridine rings is 1. The zero-order valence-electron chi connectivity index (χ0n) is 19.0. The molecule has 4 rings (SSSR count). The number of rotatable bonds is 6. The number of hydrogen-bond acceptors (Lipinski definition) is 8. The molecule has 1 aromatic carbocycles. The van der Waals surface area contributed by atoms with Crippen LogP contribution in [0.25, 0.3) is 5.70 Å². The summed E-state index contributed by atoms with van der Waals surface area (Å²) in [4.78, 5) is 4.24. The maximum Gasteiger partial charge on any atom is 0.327 e. The minimum absolute atomic E-state index is 0.0428. The van der Waals surface area contributed by atoms with Crippen molar-refractivity contribution in [3.63, 3.8) is 0 Å². The van der Waals surface area contributed by atoms with Crippen LogP contribution in [0.2, 0.25) is 0 Å². The molecule has 2 heterocycles. The number of halogens is 3. The molecule has 11 heteroatoms. The summed E-state index contributed by atoms with van der Waals surface area (Å²) >= 11 is 0. The van der Waals surface area contributed by atoms with Crippen molar-refractivity contribution < 1.29 is 17.9 Å². The van der Waals surface area contributed by atoms with Gasteiger partial charge < -0.3 is 21.2 Å². The van der Waals surface area contributed by atoms with Crippen molar-refractivity contribution >= 4 is 29.2 Å². The molecular weight excluding hydrogens is 459 g/mol. The van der Waals surface area contributed by atoms with E-state index in [0.717, 1.165) is 19.1 Å². The molecule has 1 aliphatic carbocycles. The van der Waals surface area contributed by atoms with Crippen LogP contribution in [-0.4, -0.2) is 35.7 Å². The van der Waals surface area contributed by atoms with E-state index in [2.05, 4.69) is 15.4 Å². The van der Waals surface area contributed by atoms with Gasteiger partial charge in [-0.3, -0.25) is 10.8 Å². The highest BCUT2D eigenvalue weighted by Crippen LogP contribution is 2.33. The van der Waals surface area contributed by atoms with E-state index in [-0.39, 0.29) is 35.0 Å². The van der Waals surface area contributed by atoms with Crippen molar-refractivity contribution in [1.82, 2.24) is 15.7 Å². The van der Waals surface area contributed by atoms with Crippen molar-refractivity contribution in [2.24, 2.45) is 11.0 Å². The van der Waals surface area contributed by atoms with Crippen LogP contribution < -0.4 is 21.2 Å². The number of nitrogens with zero attached hydrogens (tertiary/aromatic N) is 2. The van der Waals surface area contributed by atoms with Crippen LogP contribution in [0.15, 0.2) is 41.1 Å². The summed E-state index contributed by atoms with van der Waals surface area (Å²) in [6, 6.07) is 5.46. The second kappa shape index (κ2) is 10.2. The van der Waals surface area contributed by atoms with Crippen LogP contribution in [0.1, 0.15) is 49.0 Å². The molecule has 1 aromatic heterocycles. The van der Waals surface area contributed by atoms with E-state index in [1.807, 2.05) is 0 Å². The lowest BCUT2D eigenvalue weighted by atomic mass is 9.92. The molecule has 0 saturated heterocycles. The molecule has 1 aliphatic heterocycles. The van der Waals surface area contributed by atoms with Crippen molar-refractivity contribution in [2.75, 3.05) is 12.3 Å². The molecule has 1 fully saturated rings. The smallest absolute Gasteiger partial charge is 0.327 e. The van der Waals surface area contributed by atoms with Gasteiger partial charge in [-0.15, -0.1) is 0 Å². The second-order valence-corrected chi connectivity index (χ2v) is 8.51. The number of alkyl halides is 2. The van der Waals surface area contributed by atoms with Crippen LogP contribution in [0.3, 0.4) is 0 Å². The number of nitrogens with one attached hydrogen (secondary N) is 4. The van der Waals surface area contributed by atoms with E-state index in [9.17, 15) is 13.2 Å². The predicted octanol–water partition coefficient (Wildman–Crippen LogP) is 4.24. The first kappa shape index (κ1) is 24.2. The Balaban J connectivity index is 1.91. The van der Waals surface area contributed by atoms with Crippen LogP contribution in [0.5, 0.6) is 5.75 Å². The third kappa shape index (κ3) is 5.61. The van der Waals surface area contributed by atoms with E-state index >= 15 is 0 Å². The molecule has 2 bridgehead atoms. The van der Waals surface area contributed by atoms with Gasteiger partial charge >= 0.3 is 6.55 Å². The Hall–Kier alpha value is -3.89. The first-order chi connectivity index (χ1) is 16.8. The van der Waals surface area contributed by atoms with Gasteiger partial charge in [-0.1, -0.05) is 0 Å². The summed E-state index contributed by atoms with van der Waals surface area (Å²) in [5.74, 6) is 0.351. The van der Waals surface area contributed by atoms with Gasteiger partial charge in [0.25, 0.3) is 0 Å². The molecule has 8 nitrogen and oxygen atoms in total. The van der Waals surface area contributed by atoms with Crippen molar-refractivity contribution in [3.05, 3.63) is 58.5 Å². The Morgan fingerprint density at radius 2 is 2.09 bits per heavy atom. The molecule has 1 atom stereocenters. The van der Waals surface area contributed by atoms with Crippen LogP contribution in [0, 0.1) is 22.6 Å². The standard InChI is InChI=1S/C24H26F3N7O/c1-12-18-8-16(25)4-5-17(18)21(29)19(33-34-24(26)27)6-14(9-28)22(31-10-13-2-3-13)15-7-20(35-12)23(30)32-11-15/h4-5,7-9,11-13,24,28-29,31,34H,2-3,6,10H2,1H3,(H2,30,32)/b22-14-,28-9?,29-21?,33-19-/t12-/m1/s1. The van der Waals surface area contributed by atoms with Gasteiger partial charge in [0.1, 0.15) is 11.9 Å². The van der Waals surface area contributed by atoms with Gasteiger partial charge in [0.05, 0.1) is 11.4 Å². The fourth-order valence-corrected chi connectivity index (χ4v) is 3.87. The zero-order chi connectivity index (χ0) is 25.1. The number of hydrogen-bond donors (Lipinski definition) is 5. The molecule has 2 aliphatic rings. The normalized spacial score (nSPS) is 21.6. The highest BCUT2D eigenvalue weighted by molar-refractivity contribution is 6.48. The van der Waals surface area contributed by atoms with Gasteiger partial charge in [-0.05, 0) is 55.5 Å². The molecule has 184 valence electrons. The van der Waals surface area contributed by atoms with Gasteiger partial charge in [-0.25, -0.2) is 9.37 Å². The molecule has 0 amide bonds. The van der Waals surface area contributed by atoms with Gasteiger partial charge in [0, 0.05) is 47.8 Å². The molecule has 2 aromatic rings. The molecule has 0 radical (unpaired) electrons. The van der Waals surface area contributed by atoms with Crippen LogP contribution in [-0.2, 0) is 0 Å². The fourth-order valence-electron chi connectivity index (χ4n) is 3.87. The minimum Gasteiger partial charge on any atom is -0.482 e. The summed E-state index contributed by atoms with van der Waals surface area (Å²) in [6.45, 7) is -0.622. The second-order valence-electron chi connectivity index (χ2n) is 8.51. The fraction of sp³-hybridized carbons (Fsp3) is 0.333. The highest BCUT2D eigenvalue weighted by Gasteiger charge is 2.26. The maximum absolute atomic E-state index is 14.2. The molecule has 35 heavy (non-hydrogen) atoms. The van der Waals surface area contributed by atoms with Crippen molar-refractivity contribution in [2.45, 2.75) is 38.8 Å². The van der Waals surface area contributed by atoms with Crippen LogP contribution in [0.4, 0.5) is 19.0 Å². The number of allylic oxidation sites excluding steroid dienone is 1. The molecule has 6 N–H and O–H groups in total. The van der Waals surface area contributed by atoms with Crippen LogP contribution >= 0.6 is 0 Å². The Bertz CT molecular complexity index is 1210. The highest BCUT2D eigenvalue weighted by atomic mass is 19.3. The van der Waals surface area contributed by atoms with E-state index in [4.69, 9.17) is 21.3 Å². The predicted molar refractivity (Wildman–Crippen MR) is 129 cm³/mol. The Kier molecular flexibility index (Phi) is 7.04. The quantitative estimate of drug-likeness (QED) is 0.237. The molecule has 1 saturated carbocycles. The maximum atomic E-state index is 14.2. The average Bonchev–Trinajstić information content (AvgIpc) is 3.65. The van der Waals surface area contributed by atoms with Gasteiger partial charge in [0.2, 0.25) is 0 Å². The Labute approximate surface area is 200 Å². The number of nitrogens with two attached hydrogens (primary N) is 1. The van der Waals surface area contributed by atoms with Gasteiger partial charge in [0.15, 0.2) is 11.6 Å². The Morgan fingerprint density at radius 1 is 1.31 bits per heavy atom. The molecular formula is C24H26F3N7O. The number of benzene rings is 1. The summed E-state index contributed by atoms with van der Waals surface area (Å²) < 4.78 is 46.2. The van der Waals surface area contributed by atoms with Crippen molar-refractivity contribution in [3.8, 4) is 5.75 Å². The van der Waals surface area contributed by atoms with E-state index in [1.165, 1.54) is 24.4 Å². The lowest BCUT2D eigenvalue weighted by molar-refractivity contribution is 0.110. The lowest BCUT2D eigenvalue weighted by Crippen LogP contribution is -2.26. The largest absolute Gasteiger partial charge is 0.482 e. The number of hydrazone groups is 1. The third-order valence-electron chi connectivity index (χ3n) is 5.90. The van der Waals surface area contributed by atoms with E-state index < -0.39 is 18.5 Å². The summed E-state index contributed by atoms with van der Waals surface area (Å²) in [6.07, 6.45) is 3.95. The number of anilines is 1.